The summed E-state index contributed by atoms with van der Waals surface area (Å²) in [5.74, 6) is 0. The SMILES string of the molecule is CCCC[N+](CCCC)N(C(C)C)C(C)C. The first-order valence-corrected chi connectivity index (χ1v) is 7.07. The average Bonchev–Trinajstić information content (AvgIpc) is 2.20. The van der Waals surface area contributed by atoms with E-state index in [0.717, 1.165) is 0 Å². The monoisotopic (exact) mass is 228 g/mol. The van der Waals surface area contributed by atoms with Gasteiger partial charge in [-0.15, -0.1) is 5.01 Å². The zero-order valence-electron chi connectivity index (χ0n) is 12.3. The summed E-state index contributed by atoms with van der Waals surface area (Å²) in [6.45, 7) is 16.2. The van der Waals surface area contributed by atoms with Crippen LogP contribution in [0.25, 0.3) is 0 Å². The molecule has 0 aromatic rings. The number of hydrogen-bond acceptors (Lipinski definition) is 2. The van der Waals surface area contributed by atoms with Crippen LogP contribution in [0.2, 0.25) is 0 Å². The van der Waals surface area contributed by atoms with Crippen LogP contribution < -0.4 is 5.01 Å². The van der Waals surface area contributed by atoms with Crippen molar-refractivity contribution in [3.05, 3.63) is 0 Å². The van der Waals surface area contributed by atoms with E-state index in [0.29, 0.717) is 12.1 Å². The predicted molar refractivity (Wildman–Crippen MR) is 73.8 cm³/mol. The molecule has 0 fully saturated rings. The molecule has 1 radical (unpaired) electrons. The fourth-order valence-corrected chi connectivity index (χ4v) is 2.27. The Hall–Kier alpha value is -0.0800. The minimum atomic E-state index is 0.605. The van der Waals surface area contributed by atoms with Crippen LogP contribution in [-0.4, -0.2) is 30.2 Å². The molecule has 0 aliphatic rings. The summed E-state index contributed by atoms with van der Waals surface area (Å²) < 4.78 is 0. The standard InChI is InChI=1S/C14H32N2/c1-7-9-11-15(12-10-8-2)16(13(3)4)14(5)6/h13-14H,7-12H2,1-6H3/q+1. The molecule has 0 heterocycles. The Morgan fingerprint density at radius 3 is 1.44 bits per heavy atom. The van der Waals surface area contributed by atoms with Crippen molar-refractivity contribution in [3.63, 3.8) is 0 Å². The van der Waals surface area contributed by atoms with E-state index in [1.165, 1.54) is 38.8 Å². The molecule has 0 atom stereocenters. The van der Waals surface area contributed by atoms with Crippen molar-refractivity contribution in [2.45, 2.75) is 79.3 Å². The molecule has 0 saturated heterocycles. The van der Waals surface area contributed by atoms with Gasteiger partial charge in [0.15, 0.2) is 0 Å². The molecule has 2 nitrogen and oxygen atoms in total. The first-order valence-electron chi connectivity index (χ1n) is 7.07. The summed E-state index contributed by atoms with van der Waals surface area (Å²) >= 11 is 0. The van der Waals surface area contributed by atoms with Crippen LogP contribution in [0.4, 0.5) is 0 Å². The van der Waals surface area contributed by atoms with Gasteiger partial charge in [0.2, 0.25) is 0 Å². The van der Waals surface area contributed by atoms with E-state index in [2.05, 4.69) is 51.6 Å². The fourth-order valence-electron chi connectivity index (χ4n) is 2.27. The van der Waals surface area contributed by atoms with Gasteiger partial charge in [-0.3, -0.25) is 0 Å². The Morgan fingerprint density at radius 1 is 0.812 bits per heavy atom. The van der Waals surface area contributed by atoms with Crippen LogP contribution in [-0.2, 0) is 0 Å². The number of nitrogens with zero attached hydrogens (tertiary/aromatic N) is 2. The second-order valence-corrected chi connectivity index (χ2v) is 5.23. The Balaban J connectivity index is 4.40. The minimum Gasteiger partial charge on any atom is -0.101 e. The van der Waals surface area contributed by atoms with Gasteiger partial charge in [-0.1, -0.05) is 31.7 Å². The van der Waals surface area contributed by atoms with Gasteiger partial charge in [0, 0.05) is 12.8 Å². The third-order valence-electron chi connectivity index (χ3n) is 2.92. The second-order valence-electron chi connectivity index (χ2n) is 5.23. The lowest BCUT2D eigenvalue weighted by atomic mass is 10.2. The zero-order valence-corrected chi connectivity index (χ0v) is 12.3. The molecule has 0 amide bonds. The Labute approximate surface area is 103 Å². The van der Waals surface area contributed by atoms with E-state index in [4.69, 9.17) is 0 Å². The maximum absolute atomic E-state index is 2.57. The summed E-state index contributed by atoms with van der Waals surface area (Å²) in [6, 6.07) is 1.21. The highest BCUT2D eigenvalue weighted by atomic mass is 15.6. The van der Waals surface area contributed by atoms with Gasteiger partial charge >= 0.3 is 0 Å². The van der Waals surface area contributed by atoms with Crippen molar-refractivity contribution < 1.29 is 0 Å². The zero-order chi connectivity index (χ0) is 12.6. The van der Waals surface area contributed by atoms with Crippen molar-refractivity contribution in [1.29, 1.82) is 0 Å². The molecule has 0 aliphatic carbocycles. The smallest absolute Gasteiger partial charge is 0.101 e. The largest absolute Gasteiger partial charge is 0.145 e. The summed E-state index contributed by atoms with van der Waals surface area (Å²) in [5, 5.41) is 5.12. The highest BCUT2D eigenvalue weighted by Gasteiger charge is 2.29. The number of hydrogen-bond donors (Lipinski definition) is 0. The van der Waals surface area contributed by atoms with E-state index in [-0.39, 0.29) is 0 Å². The maximum Gasteiger partial charge on any atom is 0.145 e. The van der Waals surface area contributed by atoms with Crippen molar-refractivity contribution in [2.75, 3.05) is 13.1 Å². The Morgan fingerprint density at radius 2 is 1.19 bits per heavy atom. The molecular weight excluding hydrogens is 196 g/mol. The normalized spacial score (nSPS) is 12.4. The van der Waals surface area contributed by atoms with E-state index in [1.54, 1.807) is 0 Å². The van der Waals surface area contributed by atoms with Crippen molar-refractivity contribution in [3.8, 4) is 0 Å². The van der Waals surface area contributed by atoms with Crippen LogP contribution >= 0.6 is 0 Å². The number of rotatable bonds is 9. The number of hydrazine groups is 1. The molecule has 0 unspecified atom stereocenters. The number of unbranched alkanes of at least 4 members (excludes halogenated alkanes) is 2. The van der Waals surface area contributed by atoms with Crippen LogP contribution in [0.15, 0.2) is 0 Å². The predicted octanol–water partition coefficient (Wildman–Crippen LogP) is 3.76. The summed E-state index contributed by atoms with van der Waals surface area (Å²) in [4.78, 5) is 0. The lowest BCUT2D eigenvalue weighted by Crippen LogP contribution is -2.55. The molecule has 0 aliphatic heterocycles. The Kier molecular flexibility index (Phi) is 8.96. The van der Waals surface area contributed by atoms with E-state index in [1.807, 2.05) is 0 Å². The molecule has 97 valence electrons. The molecule has 0 N–H and O–H groups in total. The topological polar surface area (TPSA) is 9.14 Å². The summed E-state index contributed by atoms with van der Waals surface area (Å²) in [6.07, 6.45) is 5.18. The lowest BCUT2D eigenvalue weighted by molar-refractivity contribution is 0.00248. The van der Waals surface area contributed by atoms with Gasteiger partial charge in [0.1, 0.15) is 13.1 Å². The molecule has 0 aromatic heterocycles. The molecule has 0 bridgehead atoms. The van der Waals surface area contributed by atoms with Gasteiger partial charge in [0.25, 0.3) is 0 Å². The first kappa shape index (κ1) is 15.9. The van der Waals surface area contributed by atoms with Crippen molar-refractivity contribution >= 4 is 0 Å². The van der Waals surface area contributed by atoms with Gasteiger partial charge in [-0.25, -0.2) is 0 Å². The lowest BCUT2D eigenvalue weighted by Gasteiger charge is -2.31. The third kappa shape index (κ3) is 5.86. The quantitative estimate of drug-likeness (QED) is 0.431. The molecule has 16 heavy (non-hydrogen) atoms. The van der Waals surface area contributed by atoms with Crippen molar-refractivity contribution in [1.82, 2.24) is 10.0 Å². The highest BCUT2D eigenvalue weighted by molar-refractivity contribution is 4.70. The van der Waals surface area contributed by atoms with Crippen LogP contribution in [0.3, 0.4) is 0 Å². The molecule has 0 aromatic carbocycles. The van der Waals surface area contributed by atoms with Gasteiger partial charge in [0.05, 0.1) is 12.1 Å². The van der Waals surface area contributed by atoms with Gasteiger partial charge < -0.3 is 0 Å². The molecule has 0 spiro atoms. The van der Waals surface area contributed by atoms with E-state index < -0.39 is 0 Å². The maximum atomic E-state index is 2.57. The third-order valence-corrected chi connectivity index (χ3v) is 2.92. The molecule has 2 heteroatoms. The van der Waals surface area contributed by atoms with E-state index in [9.17, 15) is 0 Å². The van der Waals surface area contributed by atoms with E-state index >= 15 is 0 Å². The minimum absolute atomic E-state index is 0.605. The van der Waals surface area contributed by atoms with Crippen LogP contribution in [0.5, 0.6) is 0 Å². The average molecular weight is 228 g/mol. The van der Waals surface area contributed by atoms with Gasteiger partial charge in [-0.2, -0.15) is 0 Å². The molecular formula is C14H32N2+. The first-order chi connectivity index (χ1) is 7.54. The molecule has 0 saturated carbocycles. The van der Waals surface area contributed by atoms with Crippen LogP contribution in [0.1, 0.15) is 67.2 Å². The Bertz CT molecular complexity index is 139. The second kappa shape index (κ2) is 9.00. The highest BCUT2D eigenvalue weighted by Crippen LogP contribution is 2.10. The fraction of sp³-hybridized carbons (Fsp3) is 1.00. The van der Waals surface area contributed by atoms with Crippen molar-refractivity contribution in [2.24, 2.45) is 0 Å². The van der Waals surface area contributed by atoms with Crippen LogP contribution in [0, 0.1) is 0 Å². The van der Waals surface area contributed by atoms with Gasteiger partial charge in [-0.05, 0) is 27.7 Å². The summed E-state index contributed by atoms with van der Waals surface area (Å²) in [5.41, 5.74) is 0. The summed E-state index contributed by atoms with van der Waals surface area (Å²) in [7, 11) is 0. The molecule has 0 rings (SSSR count).